The smallest absolute Gasteiger partial charge is 0.185 e. The Balaban J connectivity index is 0. The number of hydrogen-bond donors (Lipinski definition) is 1. The second-order valence-corrected chi connectivity index (χ2v) is 5.18. The first-order valence-electron chi connectivity index (χ1n) is 6.99. The molecule has 1 nitrogen and oxygen atoms in total. The first-order valence-corrected chi connectivity index (χ1v) is 7.44. The van der Waals surface area contributed by atoms with Crippen LogP contribution in [0.1, 0.15) is 84.0 Å². The van der Waals surface area contributed by atoms with Crippen molar-refractivity contribution in [1.82, 2.24) is 0 Å². The van der Waals surface area contributed by atoms with Crippen molar-refractivity contribution in [3.8, 4) is 0 Å². The largest absolute Gasteiger partial charge is 0.288 e. The quantitative estimate of drug-likeness (QED) is 0.306. The van der Waals surface area contributed by atoms with Crippen molar-refractivity contribution in [2.24, 2.45) is 0 Å². The summed E-state index contributed by atoms with van der Waals surface area (Å²) in [5.41, 5.74) is 0. The molecule has 1 radical (unpaired) electrons. The summed E-state index contributed by atoms with van der Waals surface area (Å²) in [6.45, 7) is 2.26. The van der Waals surface area contributed by atoms with Gasteiger partial charge in [0.1, 0.15) is 0 Å². The van der Waals surface area contributed by atoms with Crippen LogP contribution in [0.4, 0.5) is 0 Å². The van der Waals surface area contributed by atoms with E-state index in [0.29, 0.717) is 6.42 Å². The van der Waals surface area contributed by atoms with Crippen LogP contribution in [-0.4, -0.2) is 34.7 Å². The van der Waals surface area contributed by atoms with Crippen LogP contribution >= 0.6 is 12.6 Å². The molecule has 0 amide bonds. The molecule has 17 heavy (non-hydrogen) atoms. The van der Waals surface area contributed by atoms with Gasteiger partial charge in [0.25, 0.3) is 0 Å². The fourth-order valence-electron chi connectivity index (χ4n) is 1.94. The number of thiol groups is 1. The molecule has 0 aliphatic carbocycles. The summed E-state index contributed by atoms with van der Waals surface area (Å²) >= 11 is 3.76. The molecule has 0 fully saturated rings. The Kier molecular flexibility index (Phi) is 20.4. The van der Waals surface area contributed by atoms with Crippen LogP contribution in [0.25, 0.3) is 0 Å². The van der Waals surface area contributed by atoms with Gasteiger partial charge in [0, 0.05) is 36.0 Å². The third kappa shape index (κ3) is 19.5. The maximum absolute atomic E-state index is 10.6. The van der Waals surface area contributed by atoms with Crippen LogP contribution in [0.15, 0.2) is 0 Å². The second kappa shape index (κ2) is 17.0. The van der Waals surface area contributed by atoms with Crippen LogP contribution < -0.4 is 0 Å². The van der Waals surface area contributed by atoms with Crippen LogP contribution in [0.2, 0.25) is 0 Å². The molecule has 0 spiro atoms. The van der Waals surface area contributed by atoms with Crippen molar-refractivity contribution >= 4 is 47.3 Å². The summed E-state index contributed by atoms with van der Waals surface area (Å²) in [5.74, 6) is 0. The van der Waals surface area contributed by atoms with Gasteiger partial charge in [-0.25, -0.2) is 0 Å². The number of unbranched alkanes of at least 4 members (excludes halogenated alkanes) is 10. The predicted molar refractivity (Wildman–Crippen MR) is 80.8 cm³/mol. The Morgan fingerprint density at radius 1 is 0.765 bits per heavy atom. The van der Waals surface area contributed by atoms with E-state index in [4.69, 9.17) is 0 Å². The average Bonchev–Trinajstić information content (AvgIpc) is 2.25. The van der Waals surface area contributed by atoms with Crippen molar-refractivity contribution in [3.05, 3.63) is 0 Å². The van der Waals surface area contributed by atoms with Crippen LogP contribution in [0.5, 0.6) is 0 Å². The molecule has 0 aromatic rings. The fraction of sp³-hybridized carbons (Fsp3) is 0.929. The summed E-state index contributed by atoms with van der Waals surface area (Å²) in [6, 6.07) is 0. The van der Waals surface area contributed by atoms with Gasteiger partial charge in [-0.15, -0.1) is 12.6 Å². The molecule has 0 saturated carbocycles. The molecule has 0 heterocycles. The third-order valence-corrected chi connectivity index (χ3v) is 3.22. The van der Waals surface area contributed by atoms with Gasteiger partial charge in [-0.3, -0.25) is 4.79 Å². The van der Waals surface area contributed by atoms with E-state index < -0.39 is 0 Å². The molecule has 97 valence electrons. The van der Waals surface area contributed by atoms with Gasteiger partial charge in [0.2, 0.25) is 0 Å². The standard InChI is InChI=1S/C14H28OS.Na/c1-2-3-4-5-6-7-8-9-10-11-12-13-14(15)16;/h2-13H2,1H3,(H,15,16);. The summed E-state index contributed by atoms with van der Waals surface area (Å²) in [5, 5.41) is 0.0379. The maximum Gasteiger partial charge on any atom is 0.185 e. The topological polar surface area (TPSA) is 17.1 Å². The van der Waals surface area contributed by atoms with E-state index in [1.54, 1.807) is 0 Å². The summed E-state index contributed by atoms with van der Waals surface area (Å²) in [4.78, 5) is 10.6. The van der Waals surface area contributed by atoms with E-state index in [0.717, 1.165) is 6.42 Å². The van der Waals surface area contributed by atoms with Crippen molar-refractivity contribution in [3.63, 3.8) is 0 Å². The second-order valence-electron chi connectivity index (χ2n) is 4.68. The molecule has 0 aromatic carbocycles. The van der Waals surface area contributed by atoms with Gasteiger partial charge in [-0.1, -0.05) is 71.1 Å². The van der Waals surface area contributed by atoms with E-state index in [1.807, 2.05) is 0 Å². The van der Waals surface area contributed by atoms with Crippen molar-refractivity contribution in [1.29, 1.82) is 0 Å². The zero-order valence-corrected chi connectivity index (χ0v) is 14.7. The number of carbonyl (C=O) groups is 1. The van der Waals surface area contributed by atoms with E-state index in [1.165, 1.54) is 64.2 Å². The van der Waals surface area contributed by atoms with E-state index in [9.17, 15) is 4.79 Å². The van der Waals surface area contributed by atoms with Gasteiger partial charge >= 0.3 is 0 Å². The predicted octanol–water partition coefficient (Wildman–Crippen LogP) is 4.76. The number of hydrogen-bond acceptors (Lipinski definition) is 1. The molecule has 0 atom stereocenters. The normalized spacial score (nSPS) is 10.0. The Morgan fingerprint density at radius 3 is 1.47 bits per heavy atom. The molecular formula is C14H28NaOS. The summed E-state index contributed by atoms with van der Waals surface area (Å²) < 4.78 is 0. The molecule has 0 unspecified atom stereocenters. The SMILES string of the molecule is CCCCCCCCCCCCCC(=O)S.[Na]. The molecule has 0 N–H and O–H groups in total. The average molecular weight is 267 g/mol. The zero-order chi connectivity index (χ0) is 12.1. The van der Waals surface area contributed by atoms with Crippen LogP contribution in [-0.2, 0) is 4.79 Å². The molecule has 0 aromatic heterocycles. The Hall–Kier alpha value is 1.02. The first-order chi connectivity index (χ1) is 7.77. The van der Waals surface area contributed by atoms with Gasteiger partial charge in [0.05, 0.1) is 0 Å². The minimum absolute atomic E-state index is 0. The van der Waals surface area contributed by atoms with E-state index >= 15 is 0 Å². The molecule has 3 heteroatoms. The minimum Gasteiger partial charge on any atom is -0.288 e. The van der Waals surface area contributed by atoms with Gasteiger partial charge in [-0.2, -0.15) is 0 Å². The van der Waals surface area contributed by atoms with Gasteiger partial charge in [0.15, 0.2) is 5.12 Å². The third-order valence-electron chi connectivity index (χ3n) is 2.99. The van der Waals surface area contributed by atoms with Gasteiger partial charge in [-0.05, 0) is 6.42 Å². The molecule has 0 aliphatic rings. The van der Waals surface area contributed by atoms with E-state index in [2.05, 4.69) is 19.6 Å². The Morgan fingerprint density at radius 2 is 1.12 bits per heavy atom. The van der Waals surface area contributed by atoms with Crippen molar-refractivity contribution < 1.29 is 4.79 Å². The first kappa shape index (κ1) is 20.3. The van der Waals surface area contributed by atoms with E-state index in [-0.39, 0.29) is 34.7 Å². The molecule has 0 bridgehead atoms. The maximum atomic E-state index is 10.6. The summed E-state index contributed by atoms with van der Waals surface area (Å²) in [7, 11) is 0. The molecular weight excluding hydrogens is 239 g/mol. The Labute approximate surface area is 135 Å². The van der Waals surface area contributed by atoms with Crippen molar-refractivity contribution in [2.45, 2.75) is 84.0 Å². The van der Waals surface area contributed by atoms with Crippen molar-refractivity contribution in [2.75, 3.05) is 0 Å². The monoisotopic (exact) mass is 267 g/mol. The van der Waals surface area contributed by atoms with Gasteiger partial charge < -0.3 is 0 Å². The number of carbonyl (C=O) groups excluding carboxylic acids is 1. The van der Waals surface area contributed by atoms with Crippen LogP contribution in [0.3, 0.4) is 0 Å². The zero-order valence-electron chi connectivity index (χ0n) is 11.8. The Bertz CT molecular complexity index is 162. The minimum atomic E-state index is 0. The molecule has 0 rings (SSSR count). The molecule has 0 saturated heterocycles. The number of rotatable bonds is 12. The molecule has 0 aliphatic heterocycles. The summed E-state index contributed by atoms with van der Waals surface area (Å²) in [6.07, 6.45) is 15.3. The van der Waals surface area contributed by atoms with Crippen LogP contribution in [0, 0.1) is 0 Å². The fourth-order valence-corrected chi connectivity index (χ4v) is 2.10.